The molecule has 0 saturated carbocycles. The maximum atomic E-state index is 10.9. The van der Waals surface area contributed by atoms with Crippen molar-refractivity contribution in [3.63, 3.8) is 0 Å². The van der Waals surface area contributed by atoms with Crippen molar-refractivity contribution in [1.82, 2.24) is 15.0 Å². The number of nitrogens with zero attached hydrogens (tertiary/aromatic N) is 4. The van der Waals surface area contributed by atoms with E-state index in [1.807, 2.05) is 11.9 Å². The van der Waals surface area contributed by atoms with Crippen LogP contribution in [0.3, 0.4) is 0 Å². The highest BCUT2D eigenvalue weighted by Gasteiger charge is 2.15. The van der Waals surface area contributed by atoms with Crippen LogP contribution in [0.2, 0.25) is 0 Å². The molecule has 0 amide bonds. The summed E-state index contributed by atoms with van der Waals surface area (Å²) in [5, 5.41) is 14.7. The van der Waals surface area contributed by atoms with Crippen LogP contribution in [0.25, 0.3) is 0 Å². The summed E-state index contributed by atoms with van der Waals surface area (Å²) in [6.45, 7) is 1.04. The van der Waals surface area contributed by atoms with Gasteiger partial charge >= 0.3 is 0 Å². The lowest BCUT2D eigenvalue weighted by molar-refractivity contribution is -0.385. The van der Waals surface area contributed by atoms with E-state index in [0.29, 0.717) is 30.4 Å². The molecule has 106 valence electrons. The lowest BCUT2D eigenvalue weighted by Gasteiger charge is -2.14. The number of nitro benzene ring substituents is 1. The van der Waals surface area contributed by atoms with Crippen LogP contribution in [0.1, 0.15) is 17.3 Å². The molecule has 8 heteroatoms. The maximum absolute atomic E-state index is 10.9. The maximum Gasteiger partial charge on any atom is 0.273 e. The number of aromatic nitrogens is 2. The summed E-state index contributed by atoms with van der Waals surface area (Å²) in [6, 6.07) is 6.64. The largest absolute Gasteiger partial charge is 0.338 e. The van der Waals surface area contributed by atoms with Gasteiger partial charge in [-0.15, -0.1) is 0 Å². The van der Waals surface area contributed by atoms with E-state index in [1.165, 1.54) is 6.07 Å². The third-order valence-electron chi connectivity index (χ3n) is 2.72. The predicted octanol–water partition coefficient (Wildman–Crippen LogP) is 1.07. The Morgan fingerprint density at radius 3 is 2.80 bits per heavy atom. The molecule has 0 aliphatic rings. The molecular formula is C12H15N5O3. The number of nitrogens with two attached hydrogens (primary N) is 1. The van der Waals surface area contributed by atoms with Gasteiger partial charge in [0.05, 0.1) is 18.0 Å². The van der Waals surface area contributed by atoms with E-state index in [2.05, 4.69) is 10.1 Å². The van der Waals surface area contributed by atoms with E-state index in [-0.39, 0.29) is 17.2 Å². The van der Waals surface area contributed by atoms with Crippen LogP contribution in [0.4, 0.5) is 5.69 Å². The van der Waals surface area contributed by atoms with Gasteiger partial charge in [0.2, 0.25) is 5.89 Å². The molecule has 1 aromatic carbocycles. The third-order valence-corrected chi connectivity index (χ3v) is 2.72. The normalized spacial score (nSPS) is 10.9. The summed E-state index contributed by atoms with van der Waals surface area (Å²) in [5.74, 6) is 0.880. The smallest absolute Gasteiger partial charge is 0.273 e. The lowest BCUT2D eigenvalue weighted by Crippen LogP contribution is -2.18. The van der Waals surface area contributed by atoms with Crippen molar-refractivity contribution in [3.8, 4) is 0 Å². The Kier molecular flexibility index (Phi) is 4.38. The Morgan fingerprint density at radius 2 is 2.15 bits per heavy atom. The molecule has 0 spiro atoms. The summed E-state index contributed by atoms with van der Waals surface area (Å²) < 4.78 is 4.91. The van der Waals surface area contributed by atoms with Crippen molar-refractivity contribution < 1.29 is 9.45 Å². The molecule has 2 rings (SSSR count). The van der Waals surface area contributed by atoms with Crippen molar-refractivity contribution >= 4 is 5.69 Å². The second-order valence-electron chi connectivity index (χ2n) is 4.37. The van der Waals surface area contributed by atoms with E-state index in [4.69, 9.17) is 10.3 Å². The Balaban J connectivity index is 2.04. The molecule has 0 atom stereocenters. The summed E-state index contributed by atoms with van der Waals surface area (Å²) >= 11 is 0. The average molecular weight is 277 g/mol. The topological polar surface area (TPSA) is 111 Å². The first-order valence-corrected chi connectivity index (χ1v) is 6.02. The van der Waals surface area contributed by atoms with Crippen LogP contribution in [-0.2, 0) is 19.6 Å². The van der Waals surface area contributed by atoms with Gasteiger partial charge in [-0.3, -0.25) is 15.0 Å². The Labute approximate surface area is 115 Å². The first-order chi connectivity index (χ1) is 9.60. The highest BCUT2D eigenvalue weighted by molar-refractivity contribution is 5.39. The van der Waals surface area contributed by atoms with Gasteiger partial charge in [-0.05, 0) is 7.05 Å². The van der Waals surface area contributed by atoms with E-state index in [9.17, 15) is 10.1 Å². The molecule has 1 heterocycles. The number of hydrogen-bond donors (Lipinski definition) is 1. The lowest BCUT2D eigenvalue weighted by atomic mass is 10.1. The van der Waals surface area contributed by atoms with Crippen LogP contribution >= 0.6 is 0 Å². The number of hydrogen-bond acceptors (Lipinski definition) is 7. The van der Waals surface area contributed by atoms with Gasteiger partial charge < -0.3 is 10.3 Å². The first-order valence-electron chi connectivity index (χ1n) is 6.02. The van der Waals surface area contributed by atoms with Crippen molar-refractivity contribution in [3.05, 3.63) is 51.7 Å². The highest BCUT2D eigenvalue weighted by Crippen LogP contribution is 2.19. The van der Waals surface area contributed by atoms with E-state index in [0.717, 1.165) is 0 Å². The van der Waals surface area contributed by atoms with E-state index in [1.54, 1.807) is 18.2 Å². The van der Waals surface area contributed by atoms with Gasteiger partial charge in [0, 0.05) is 18.2 Å². The zero-order valence-electron chi connectivity index (χ0n) is 11.0. The Morgan fingerprint density at radius 1 is 1.40 bits per heavy atom. The summed E-state index contributed by atoms with van der Waals surface area (Å²) in [4.78, 5) is 16.5. The molecule has 1 aromatic heterocycles. The minimum Gasteiger partial charge on any atom is -0.338 e. The zero-order chi connectivity index (χ0) is 14.5. The Hall–Kier alpha value is -2.32. The van der Waals surface area contributed by atoms with Crippen LogP contribution in [0.15, 0.2) is 28.8 Å². The summed E-state index contributed by atoms with van der Waals surface area (Å²) in [7, 11) is 1.83. The molecule has 20 heavy (non-hydrogen) atoms. The quantitative estimate of drug-likeness (QED) is 0.620. The number of nitro groups is 1. The molecule has 0 unspecified atom stereocenters. The predicted molar refractivity (Wildman–Crippen MR) is 70.5 cm³/mol. The molecule has 0 saturated heterocycles. The van der Waals surface area contributed by atoms with Gasteiger partial charge in [-0.1, -0.05) is 23.4 Å². The summed E-state index contributed by atoms with van der Waals surface area (Å²) in [6.07, 6.45) is 0. The van der Waals surface area contributed by atoms with Crippen molar-refractivity contribution in [2.24, 2.45) is 5.73 Å². The molecule has 0 bridgehead atoms. The molecule has 0 radical (unpaired) electrons. The Bertz CT molecular complexity index is 598. The fourth-order valence-electron chi connectivity index (χ4n) is 1.85. The fraction of sp³-hybridized carbons (Fsp3) is 0.333. The molecule has 0 aliphatic heterocycles. The van der Waals surface area contributed by atoms with Gasteiger partial charge in [-0.2, -0.15) is 4.98 Å². The number of para-hydroxylation sites is 1. The van der Waals surface area contributed by atoms with Crippen LogP contribution in [0.5, 0.6) is 0 Å². The van der Waals surface area contributed by atoms with Crippen LogP contribution in [0, 0.1) is 10.1 Å². The summed E-state index contributed by atoms with van der Waals surface area (Å²) in [5.41, 5.74) is 6.13. The minimum absolute atomic E-state index is 0.107. The second-order valence-corrected chi connectivity index (χ2v) is 4.37. The standard InChI is InChI=1S/C12H15N5O3/c1-16(8-11-14-12(6-13)20-15-11)7-9-4-2-3-5-10(9)17(18)19/h2-5H,6-8,13H2,1H3. The monoisotopic (exact) mass is 277 g/mol. The van der Waals surface area contributed by atoms with Crippen LogP contribution < -0.4 is 5.73 Å². The molecule has 2 aromatic rings. The van der Waals surface area contributed by atoms with Crippen molar-refractivity contribution in [2.45, 2.75) is 19.6 Å². The second kappa shape index (κ2) is 6.22. The molecule has 2 N–H and O–H groups in total. The first kappa shape index (κ1) is 14.1. The minimum atomic E-state index is -0.385. The van der Waals surface area contributed by atoms with E-state index < -0.39 is 0 Å². The van der Waals surface area contributed by atoms with Gasteiger partial charge in [0.25, 0.3) is 5.69 Å². The number of benzene rings is 1. The molecular weight excluding hydrogens is 262 g/mol. The van der Waals surface area contributed by atoms with Crippen LogP contribution in [-0.4, -0.2) is 27.0 Å². The highest BCUT2D eigenvalue weighted by atomic mass is 16.6. The molecule has 0 fully saturated rings. The van der Waals surface area contributed by atoms with Gasteiger partial charge in [0.1, 0.15) is 0 Å². The average Bonchev–Trinajstić information content (AvgIpc) is 2.86. The van der Waals surface area contributed by atoms with Crippen molar-refractivity contribution in [2.75, 3.05) is 7.05 Å². The molecule has 0 aliphatic carbocycles. The van der Waals surface area contributed by atoms with Crippen molar-refractivity contribution in [1.29, 1.82) is 0 Å². The fourth-order valence-corrected chi connectivity index (χ4v) is 1.85. The number of rotatable bonds is 6. The molecule has 8 nitrogen and oxygen atoms in total. The van der Waals surface area contributed by atoms with E-state index >= 15 is 0 Å². The SMILES string of the molecule is CN(Cc1noc(CN)n1)Cc1ccccc1[N+](=O)[O-]. The van der Waals surface area contributed by atoms with Gasteiger partial charge in [0.15, 0.2) is 5.82 Å². The zero-order valence-corrected chi connectivity index (χ0v) is 11.0. The van der Waals surface area contributed by atoms with Gasteiger partial charge in [-0.25, -0.2) is 0 Å². The third kappa shape index (κ3) is 3.37.